The fourth-order valence-electron chi connectivity index (χ4n) is 1.49. The van der Waals surface area contributed by atoms with Crippen LogP contribution in [0.25, 0.3) is 11.1 Å². The largest absolute Gasteiger partial charge is 0.481 e. The summed E-state index contributed by atoms with van der Waals surface area (Å²) in [5, 5.41) is 0.935. The van der Waals surface area contributed by atoms with Gasteiger partial charge in [0, 0.05) is 16.1 Å². The van der Waals surface area contributed by atoms with Crippen LogP contribution in [0.15, 0.2) is 30.5 Å². The lowest BCUT2D eigenvalue weighted by atomic mass is 10.1. The van der Waals surface area contributed by atoms with Crippen molar-refractivity contribution in [3.05, 3.63) is 46.3 Å². The number of nitrogens with zero attached hydrogens (tertiary/aromatic N) is 1. The van der Waals surface area contributed by atoms with Crippen molar-refractivity contribution >= 4 is 23.2 Å². The number of methoxy groups -OCH3 is 1. The summed E-state index contributed by atoms with van der Waals surface area (Å²) in [5.41, 5.74) is 1.12. The number of rotatable bonds is 2. The Morgan fingerprint density at radius 2 is 1.94 bits per heavy atom. The minimum absolute atomic E-state index is 0.315. The molecule has 2 aromatic rings. The average molecular weight is 272 g/mol. The highest BCUT2D eigenvalue weighted by Gasteiger charge is 2.12. The van der Waals surface area contributed by atoms with E-state index in [2.05, 4.69) is 4.98 Å². The van der Waals surface area contributed by atoms with Crippen molar-refractivity contribution in [1.29, 1.82) is 0 Å². The molecular formula is C12H8Cl2FNO. The maximum atomic E-state index is 13.2. The van der Waals surface area contributed by atoms with E-state index in [1.807, 2.05) is 0 Å². The molecule has 1 aromatic heterocycles. The summed E-state index contributed by atoms with van der Waals surface area (Å²) in [6.07, 6.45) is 1.09. The van der Waals surface area contributed by atoms with Crippen LogP contribution < -0.4 is 4.74 Å². The summed E-state index contributed by atoms with van der Waals surface area (Å²) >= 11 is 11.9. The van der Waals surface area contributed by atoms with Crippen molar-refractivity contribution in [2.75, 3.05) is 7.11 Å². The second-order valence-electron chi connectivity index (χ2n) is 3.33. The third-order valence-electron chi connectivity index (χ3n) is 2.23. The molecule has 0 saturated heterocycles. The maximum Gasteiger partial charge on any atom is 0.221 e. The summed E-state index contributed by atoms with van der Waals surface area (Å²) in [6.45, 7) is 0. The topological polar surface area (TPSA) is 22.1 Å². The molecule has 0 radical (unpaired) electrons. The highest BCUT2D eigenvalue weighted by Crippen LogP contribution is 2.35. The van der Waals surface area contributed by atoms with E-state index in [0.29, 0.717) is 27.1 Å². The predicted octanol–water partition coefficient (Wildman–Crippen LogP) is 4.20. The van der Waals surface area contributed by atoms with Crippen LogP contribution in [0.1, 0.15) is 0 Å². The van der Waals surface area contributed by atoms with Gasteiger partial charge in [-0.25, -0.2) is 9.37 Å². The molecule has 0 fully saturated rings. The first-order valence-corrected chi connectivity index (χ1v) is 5.52. The molecule has 0 unspecified atom stereocenters. The molecule has 2 rings (SSSR count). The zero-order chi connectivity index (χ0) is 12.4. The summed E-state index contributed by atoms with van der Waals surface area (Å²) in [6, 6.07) is 6.28. The lowest BCUT2D eigenvalue weighted by molar-refractivity contribution is 0.397. The Morgan fingerprint density at radius 3 is 2.59 bits per heavy atom. The van der Waals surface area contributed by atoms with Gasteiger partial charge >= 0.3 is 0 Å². The Morgan fingerprint density at radius 1 is 1.18 bits per heavy atom. The Balaban J connectivity index is 2.62. The molecule has 0 spiro atoms. The van der Waals surface area contributed by atoms with Gasteiger partial charge in [-0.15, -0.1) is 0 Å². The van der Waals surface area contributed by atoms with Crippen LogP contribution in [0.2, 0.25) is 10.0 Å². The number of benzene rings is 1. The van der Waals surface area contributed by atoms with Crippen molar-refractivity contribution in [3.8, 4) is 17.0 Å². The highest BCUT2D eigenvalue weighted by molar-refractivity contribution is 6.36. The molecule has 0 N–H and O–H groups in total. The van der Waals surface area contributed by atoms with Gasteiger partial charge in [-0.1, -0.05) is 29.3 Å². The lowest BCUT2D eigenvalue weighted by Gasteiger charge is -2.09. The van der Waals surface area contributed by atoms with Crippen LogP contribution in [-0.4, -0.2) is 12.1 Å². The van der Waals surface area contributed by atoms with Gasteiger partial charge in [0.25, 0.3) is 0 Å². The van der Waals surface area contributed by atoms with Gasteiger partial charge in [-0.3, -0.25) is 0 Å². The molecule has 1 aromatic carbocycles. The van der Waals surface area contributed by atoms with Gasteiger partial charge in [-0.05, 0) is 18.2 Å². The number of pyridine rings is 1. The SMILES string of the molecule is COc1ncc(F)cc1-c1ccc(Cl)cc1Cl. The summed E-state index contributed by atoms with van der Waals surface area (Å²) in [5.74, 6) is -0.137. The summed E-state index contributed by atoms with van der Waals surface area (Å²) < 4.78 is 18.3. The van der Waals surface area contributed by atoms with E-state index in [9.17, 15) is 4.39 Å². The first-order valence-electron chi connectivity index (χ1n) is 4.77. The minimum Gasteiger partial charge on any atom is -0.481 e. The average Bonchev–Trinajstić information content (AvgIpc) is 2.29. The zero-order valence-corrected chi connectivity index (χ0v) is 10.4. The van der Waals surface area contributed by atoms with Gasteiger partial charge in [0.1, 0.15) is 5.82 Å². The molecule has 0 saturated carbocycles. The van der Waals surface area contributed by atoms with Gasteiger partial charge in [-0.2, -0.15) is 0 Å². The van der Waals surface area contributed by atoms with E-state index in [-0.39, 0.29) is 0 Å². The Bertz CT molecular complexity index is 560. The maximum absolute atomic E-state index is 13.2. The fourth-order valence-corrected chi connectivity index (χ4v) is 2.00. The molecule has 88 valence electrons. The smallest absolute Gasteiger partial charge is 0.221 e. The van der Waals surface area contributed by atoms with Gasteiger partial charge in [0.05, 0.1) is 18.3 Å². The molecule has 5 heteroatoms. The molecular weight excluding hydrogens is 264 g/mol. The van der Waals surface area contributed by atoms with Crippen LogP contribution in [-0.2, 0) is 0 Å². The third-order valence-corrected chi connectivity index (χ3v) is 2.78. The van der Waals surface area contributed by atoms with E-state index in [0.717, 1.165) is 6.20 Å². The van der Waals surface area contributed by atoms with E-state index in [4.69, 9.17) is 27.9 Å². The normalized spacial score (nSPS) is 10.4. The standard InChI is InChI=1S/C12H8Cl2FNO/c1-17-12-10(5-8(15)6-16-12)9-3-2-7(13)4-11(9)14/h2-6H,1H3. The minimum atomic E-state index is -0.452. The first-order chi connectivity index (χ1) is 8.11. The van der Waals surface area contributed by atoms with Crippen LogP contribution in [0, 0.1) is 5.82 Å². The van der Waals surface area contributed by atoms with Crippen molar-refractivity contribution in [1.82, 2.24) is 4.98 Å². The molecule has 1 heterocycles. The predicted molar refractivity (Wildman–Crippen MR) is 66.2 cm³/mol. The second kappa shape index (κ2) is 4.90. The van der Waals surface area contributed by atoms with Crippen LogP contribution >= 0.6 is 23.2 Å². The lowest BCUT2D eigenvalue weighted by Crippen LogP contribution is -1.93. The van der Waals surface area contributed by atoms with Crippen molar-refractivity contribution < 1.29 is 9.13 Å². The molecule has 0 atom stereocenters. The van der Waals surface area contributed by atoms with E-state index in [1.165, 1.54) is 13.2 Å². The van der Waals surface area contributed by atoms with Crippen LogP contribution in [0.3, 0.4) is 0 Å². The molecule has 0 amide bonds. The van der Waals surface area contributed by atoms with Gasteiger partial charge in [0.15, 0.2) is 0 Å². The number of halogens is 3. The van der Waals surface area contributed by atoms with Gasteiger partial charge in [0.2, 0.25) is 5.88 Å². The quantitative estimate of drug-likeness (QED) is 0.817. The number of aromatic nitrogens is 1. The van der Waals surface area contributed by atoms with E-state index < -0.39 is 5.82 Å². The Hall–Kier alpha value is -1.32. The van der Waals surface area contributed by atoms with Crippen molar-refractivity contribution in [3.63, 3.8) is 0 Å². The monoisotopic (exact) mass is 271 g/mol. The molecule has 0 aliphatic heterocycles. The van der Waals surface area contributed by atoms with Crippen molar-refractivity contribution in [2.24, 2.45) is 0 Å². The van der Waals surface area contributed by atoms with Crippen LogP contribution in [0.5, 0.6) is 5.88 Å². The zero-order valence-electron chi connectivity index (χ0n) is 8.88. The number of hydrogen-bond acceptors (Lipinski definition) is 2. The molecule has 0 aliphatic rings. The Kier molecular flexibility index (Phi) is 3.50. The number of hydrogen-bond donors (Lipinski definition) is 0. The van der Waals surface area contributed by atoms with Crippen molar-refractivity contribution in [2.45, 2.75) is 0 Å². The molecule has 2 nitrogen and oxygen atoms in total. The van der Waals surface area contributed by atoms with E-state index >= 15 is 0 Å². The Labute approximate surface area is 108 Å². The summed E-state index contributed by atoms with van der Waals surface area (Å²) in [7, 11) is 1.47. The van der Waals surface area contributed by atoms with Crippen LogP contribution in [0.4, 0.5) is 4.39 Å². The van der Waals surface area contributed by atoms with Gasteiger partial charge < -0.3 is 4.74 Å². The molecule has 0 bridgehead atoms. The molecule has 17 heavy (non-hydrogen) atoms. The third kappa shape index (κ3) is 2.51. The first kappa shape index (κ1) is 12.1. The van der Waals surface area contributed by atoms with E-state index in [1.54, 1.807) is 18.2 Å². The second-order valence-corrected chi connectivity index (χ2v) is 4.18. The fraction of sp³-hybridized carbons (Fsp3) is 0.0833. The molecule has 0 aliphatic carbocycles. The summed E-state index contributed by atoms with van der Waals surface area (Å²) in [4.78, 5) is 3.85. The number of ether oxygens (including phenoxy) is 1. The highest BCUT2D eigenvalue weighted by atomic mass is 35.5.